The Balaban J connectivity index is 2.69. The van der Waals surface area contributed by atoms with E-state index < -0.39 is 6.10 Å². The Labute approximate surface area is 103 Å². The number of aryl methyl sites for hydroxylation is 1. The van der Waals surface area contributed by atoms with E-state index in [0.717, 1.165) is 5.56 Å². The Bertz CT molecular complexity index is 366. The van der Waals surface area contributed by atoms with Crippen molar-refractivity contribution in [2.45, 2.75) is 33.8 Å². The molecule has 1 aromatic rings. The molecule has 1 unspecified atom stereocenters. The molecule has 3 heteroatoms. The van der Waals surface area contributed by atoms with Crippen LogP contribution in [0.2, 0.25) is 0 Å². The molecule has 1 N–H and O–H groups in total. The lowest BCUT2D eigenvalue weighted by Gasteiger charge is -2.26. The van der Waals surface area contributed by atoms with Crippen LogP contribution in [0.1, 0.15) is 26.3 Å². The van der Waals surface area contributed by atoms with Crippen molar-refractivity contribution >= 4 is 0 Å². The third kappa shape index (κ3) is 3.93. The maximum absolute atomic E-state index is 9.90. The molecule has 0 bridgehead atoms. The van der Waals surface area contributed by atoms with Crippen molar-refractivity contribution in [3.05, 3.63) is 23.8 Å². The van der Waals surface area contributed by atoms with Crippen LogP contribution in [0.4, 0.5) is 0 Å². The van der Waals surface area contributed by atoms with Gasteiger partial charge in [0.15, 0.2) is 11.5 Å². The fourth-order valence-corrected chi connectivity index (χ4v) is 1.31. The molecule has 0 fully saturated rings. The van der Waals surface area contributed by atoms with Crippen LogP contribution in [0.3, 0.4) is 0 Å². The predicted octanol–water partition coefficient (Wildman–Crippen LogP) is 2.79. The number of ether oxygens (including phenoxy) is 2. The number of hydrogen-bond donors (Lipinski definition) is 1. The number of aliphatic hydroxyl groups is 1. The molecule has 0 heterocycles. The summed E-state index contributed by atoms with van der Waals surface area (Å²) in [5.41, 5.74) is 0.934. The third-order valence-corrected chi connectivity index (χ3v) is 2.72. The monoisotopic (exact) mass is 238 g/mol. The zero-order valence-electron chi connectivity index (χ0n) is 11.3. The van der Waals surface area contributed by atoms with E-state index in [-0.39, 0.29) is 12.0 Å². The van der Waals surface area contributed by atoms with Crippen molar-refractivity contribution in [2.24, 2.45) is 5.41 Å². The second-order valence-corrected chi connectivity index (χ2v) is 5.35. The Morgan fingerprint density at radius 1 is 1.24 bits per heavy atom. The first-order valence-electron chi connectivity index (χ1n) is 5.80. The summed E-state index contributed by atoms with van der Waals surface area (Å²) in [5, 5.41) is 9.90. The van der Waals surface area contributed by atoms with Crippen LogP contribution in [0.25, 0.3) is 0 Å². The first kappa shape index (κ1) is 13.8. The molecule has 1 atom stereocenters. The summed E-state index contributed by atoms with van der Waals surface area (Å²) >= 11 is 0. The fraction of sp³-hybridized carbons (Fsp3) is 0.571. The smallest absolute Gasteiger partial charge is 0.161 e. The first-order valence-corrected chi connectivity index (χ1v) is 5.80. The van der Waals surface area contributed by atoms with Crippen molar-refractivity contribution in [1.29, 1.82) is 0 Å². The van der Waals surface area contributed by atoms with E-state index >= 15 is 0 Å². The molecule has 0 saturated heterocycles. The van der Waals surface area contributed by atoms with Gasteiger partial charge in [-0.3, -0.25) is 0 Å². The van der Waals surface area contributed by atoms with Gasteiger partial charge in [0.1, 0.15) is 6.61 Å². The van der Waals surface area contributed by atoms with Gasteiger partial charge in [-0.25, -0.2) is 0 Å². The standard InChI is InChI=1S/C14H22O3/c1-10-6-7-11(12(8-10)16-5)17-9-13(15)14(2,3)4/h6-8,13,15H,9H2,1-5H3. The first-order chi connectivity index (χ1) is 7.84. The molecule has 0 radical (unpaired) electrons. The van der Waals surface area contributed by atoms with Crippen LogP contribution >= 0.6 is 0 Å². The summed E-state index contributed by atoms with van der Waals surface area (Å²) in [6.45, 7) is 8.20. The molecule has 0 aliphatic rings. The van der Waals surface area contributed by atoms with E-state index in [1.54, 1.807) is 7.11 Å². The molecule has 96 valence electrons. The zero-order valence-corrected chi connectivity index (χ0v) is 11.3. The van der Waals surface area contributed by atoms with E-state index in [2.05, 4.69) is 0 Å². The van der Waals surface area contributed by atoms with E-state index in [4.69, 9.17) is 9.47 Å². The Hall–Kier alpha value is -1.22. The Morgan fingerprint density at radius 3 is 2.41 bits per heavy atom. The van der Waals surface area contributed by atoms with Gasteiger partial charge in [-0.2, -0.15) is 0 Å². The van der Waals surface area contributed by atoms with Crippen LogP contribution in [0.5, 0.6) is 11.5 Å². The molecule has 0 spiro atoms. The summed E-state index contributed by atoms with van der Waals surface area (Å²) in [5.74, 6) is 1.37. The van der Waals surface area contributed by atoms with Crippen LogP contribution in [0.15, 0.2) is 18.2 Å². The molecule has 0 aliphatic heterocycles. The number of benzene rings is 1. The molecule has 0 aromatic heterocycles. The molecule has 17 heavy (non-hydrogen) atoms. The highest BCUT2D eigenvalue weighted by molar-refractivity contribution is 5.42. The van der Waals surface area contributed by atoms with E-state index in [0.29, 0.717) is 11.5 Å². The summed E-state index contributed by atoms with van der Waals surface area (Å²) < 4.78 is 10.8. The van der Waals surface area contributed by atoms with E-state index in [1.807, 2.05) is 45.9 Å². The third-order valence-electron chi connectivity index (χ3n) is 2.72. The minimum atomic E-state index is -0.506. The highest BCUT2D eigenvalue weighted by Crippen LogP contribution is 2.29. The molecule has 0 amide bonds. The van der Waals surface area contributed by atoms with Crippen LogP contribution in [-0.4, -0.2) is 24.9 Å². The molecular weight excluding hydrogens is 216 g/mol. The molecule has 3 nitrogen and oxygen atoms in total. The van der Waals surface area contributed by atoms with Gasteiger partial charge in [-0.1, -0.05) is 26.8 Å². The van der Waals surface area contributed by atoms with Crippen molar-refractivity contribution in [1.82, 2.24) is 0 Å². The fourth-order valence-electron chi connectivity index (χ4n) is 1.31. The van der Waals surface area contributed by atoms with Crippen molar-refractivity contribution in [2.75, 3.05) is 13.7 Å². The minimum Gasteiger partial charge on any atom is -0.493 e. The summed E-state index contributed by atoms with van der Waals surface area (Å²) in [6.07, 6.45) is -0.506. The van der Waals surface area contributed by atoms with Crippen molar-refractivity contribution in [3.63, 3.8) is 0 Å². The summed E-state index contributed by atoms with van der Waals surface area (Å²) in [7, 11) is 1.61. The second kappa shape index (κ2) is 5.41. The number of methoxy groups -OCH3 is 1. The van der Waals surface area contributed by atoms with Crippen LogP contribution < -0.4 is 9.47 Å². The molecule has 1 rings (SSSR count). The maximum atomic E-state index is 9.90. The highest BCUT2D eigenvalue weighted by Gasteiger charge is 2.23. The van der Waals surface area contributed by atoms with Gasteiger partial charge in [0, 0.05) is 0 Å². The Morgan fingerprint density at radius 2 is 1.88 bits per heavy atom. The second-order valence-electron chi connectivity index (χ2n) is 5.35. The number of rotatable bonds is 4. The van der Waals surface area contributed by atoms with Crippen LogP contribution in [-0.2, 0) is 0 Å². The summed E-state index contributed by atoms with van der Waals surface area (Å²) in [4.78, 5) is 0. The molecular formula is C14H22O3. The van der Waals surface area contributed by atoms with Gasteiger partial charge in [0.05, 0.1) is 13.2 Å². The lowest BCUT2D eigenvalue weighted by molar-refractivity contribution is 0.0211. The van der Waals surface area contributed by atoms with Gasteiger partial charge in [0.2, 0.25) is 0 Å². The van der Waals surface area contributed by atoms with Crippen molar-refractivity contribution < 1.29 is 14.6 Å². The minimum absolute atomic E-state index is 0.183. The lowest BCUT2D eigenvalue weighted by atomic mass is 9.90. The zero-order chi connectivity index (χ0) is 13.1. The molecule has 1 aromatic carbocycles. The van der Waals surface area contributed by atoms with E-state index in [9.17, 15) is 5.11 Å². The average molecular weight is 238 g/mol. The predicted molar refractivity (Wildman–Crippen MR) is 68.7 cm³/mol. The SMILES string of the molecule is COc1cc(C)ccc1OCC(O)C(C)(C)C. The molecule has 0 saturated carbocycles. The lowest BCUT2D eigenvalue weighted by Crippen LogP contribution is -2.31. The number of hydrogen-bond acceptors (Lipinski definition) is 3. The highest BCUT2D eigenvalue weighted by atomic mass is 16.5. The summed E-state index contributed by atoms with van der Waals surface area (Å²) in [6, 6.07) is 5.74. The van der Waals surface area contributed by atoms with Gasteiger partial charge in [0.25, 0.3) is 0 Å². The van der Waals surface area contributed by atoms with Gasteiger partial charge >= 0.3 is 0 Å². The normalized spacial score (nSPS) is 13.3. The topological polar surface area (TPSA) is 38.7 Å². The van der Waals surface area contributed by atoms with Crippen molar-refractivity contribution in [3.8, 4) is 11.5 Å². The average Bonchev–Trinajstić information content (AvgIpc) is 2.25. The largest absolute Gasteiger partial charge is 0.493 e. The quantitative estimate of drug-likeness (QED) is 0.876. The van der Waals surface area contributed by atoms with E-state index in [1.165, 1.54) is 0 Å². The van der Waals surface area contributed by atoms with Crippen LogP contribution in [0, 0.1) is 12.3 Å². The van der Waals surface area contributed by atoms with Gasteiger partial charge < -0.3 is 14.6 Å². The Kier molecular flexibility index (Phi) is 4.40. The number of aliphatic hydroxyl groups excluding tert-OH is 1. The van der Waals surface area contributed by atoms with Gasteiger partial charge in [-0.05, 0) is 30.0 Å². The van der Waals surface area contributed by atoms with Gasteiger partial charge in [-0.15, -0.1) is 0 Å². The molecule has 0 aliphatic carbocycles. The maximum Gasteiger partial charge on any atom is 0.161 e.